The molecular formula is C10H13F3N2O2. The third kappa shape index (κ3) is 2.62. The van der Waals surface area contributed by atoms with E-state index in [1.165, 1.54) is 6.07 Å². The van der Waals surface area contributed by atoms with Crippen molar-refractivity contribution in [2.75, 3.05) is 13.1 Å². The molecule has 0 N–H and O–H groups in total. The maximum absolute atomic E-state index is 12.7. The van der Waals surface area contributed by atoms with Crippen molar-refractivity contribution in [3.8, 4) is 6.07 Å². The topological polar surface area (TPSA) is 53.3 Å². The van der Waals surface area contributed by atoms with Crippen LogP contribution in [0.25, 0.3) is 0 Å². The summed E-state index contributed by atoms with van der Waals surface area (Å²) >= 11 is 0. The first-order valence-corrected chi connectivity index (χ1v) is 5.15. The van der Waals surface area contributed by atoms with Crippen LogP contribution in [0, 0.1) is 16.7 Å². The number of hydrogen-bond acceptors (Lipinski definition) is 3. The zero-order chi connectivity index (χ0) is 13.3. The molecule has 0 bridgehead atoms. The Morgan fingerprint density at radius 3 is 2.47 bits per heavy atom. The summed E-state index contributed by atoms with van der Waals surface area (Å²) in [6, 6.07) is 1.28. The molecule has 0 spiro atoms. The smallest absolute Gasteiger partial charge is 0.410 e. The molecule has 96 valence electrons. The largest absolute Gasteiger partial charge is 0.447 e. The monoisotopic (exact) mass is 250 g/mol. The molecule has 1 amide bonds. The Morgan fingerprint density at radius 1 is 1.53 bits per heavy atom. The van der Waals surface area contributed by atoms with Gasteiger partial charge in [0.2, 0.25) is 0 Å². The van der Waals surface area contributed by atoms with E-state index in [9.17, 15) is 18.0 Å². The highest BCUT2D eigenvalue weighted by Crippen LogP contribution is 2.44. The standard InChI is InChI=1S/C10H13F3N2O2/c1-7(2)17-8(16)15-4-3-9(5-14,6-15)10(11,12)13/h7H,3-4,6H2,1-2H3. The minimum absolute atomic E-state index is 0.112. The molecule has 4 nitrogen and oxygen atoms in total. The average molecular weight is 250 g/mol. The van der Waals surface area contributed by atoms with Crippen molar-refractivity contribution < 1.29 is 22.7 Å². The van der Waals surface area contributed by atoms with Gasteiger partial charge in [-0.1, -0.05) is 0 Å². The van der Waals surface area contributed by atoms with Crippen LogP contribution in [-0.2, 0) is 4.74 Å². The van der Waals surface area contributed by atoms with Crippen LogP contribution in [0.1, 0.15) is 20.3 Å². The molecule has 1 heterocycles. The van der Waals surface area contributed by atoms with E-state index in [1.54, 1.807) is 13.8 Å². The van der Waals surface area contributed by atoms with Gasteiger partial charge in [-0.3, -0.25) is 0 Å². The predicted molar refractivity (Wildman–Crippen MR) is 51.9 cm³/mol. The van der Waals surface area contributed by atoms with Gasteiger partial charge in [-0.2, -0.15) is 18.4 Å². The van der Waals surface area contributed by atoms with Crippen LogP contribution in [0.5, 0.6) is 0 Å². The average Bonchev–Trinajstić information content (AvgIpc) is 2.60. The lowest BCUT2D eigenvalue weighted by Gasteiger charge is -2.24. The SMILES string of the molecule is CC(C)OC(=O)N1CCC(C#N)(C(F)(F)F)C1. The molecular weight excluding hydrogens is 237 g/mol. The van der Waals surface area contributed by atoms with Gasteiger partial charge in [0.1, 0.15) is 0 Å². The molecule has 0 saturated carbocycles. The lowest BCUT2D eigenvalue weighted by molar-refractivity contribution is -0.197. The lowest BCUT2D eigenvalue weighted by atomic mass is 9.88. The van der Waals surface area contributed by atoms with Crippen LogP contribution in [0.4, 0.5) is 18.0 Å². The van der Waals surface area contributed by atoms with Crippen LogP contribution in [0.3, 0.4) is 0 Å². The molecule has 0 aromatic carbocycles. The Bertz CT molecular complexity index is 348. The van der Waals surface area contributed by atoms with E-state index in [1.807, 2.05) is 0 Å². The highest BCUT2D eigenvalue weighted by atomic mass is 19.4. The quantitative estimate of drug-likeness (QED) is 0.717. The zero-order valence-corrected chi connectivity index (χ0v) is 9.54. The fraction of sp³-hybridized carbons (Fsp3) is 0.800. The van der Waals surface area contributed by atoms with Crippen molar-refractivity contribution in [2.45, 2.75) is 32.5 Å². The molecule has 1 atom stereocenters. The van der Waals surface area contributed by atoms with Gasteiger partial charge in [-0.15, -0.1) is 0 Å². The van der Waals surface area contributed by atoms with Gasteiger partial charge in [0, 0.05) is 6.54 Å². The normalized spacial score (nSPS) is 24.9. The summed E-state index contributed by atoms with van der Waals surface area (Å²) in [4.78, 5) is 12.3. The molecule has 0 aromatic heterocycles. The number of nitrogens with zero attached hydrogens (tertiary/aromatic N) is 2. The number of carbonyl (C=O) groups excluding carboxylic acids is 1. The van der Waals surface area contributed by atoms with Crippen LogP contribution >= 0.6 is 0 Å². The van der Waals surface area contributed by atoms with Crippen molar-refractivity contribution in [1.82, 2.24) is 4.90 Å². The number of amides is 1. The molecule has 1 saturated heterocycles. The Labute approximate surface area is 96.9 Å². The highest BCUT2D eigenvalue weighted by molar-refractivity contribution is 5.68. The second-order valence-corrected chi connectivity index (χ2v) is 4.30. The van der Waals surface area contributed by atoms with Gasteiger partial charge in [-0.05, 0) is 20.3 Å². The minimum atomic E-state index is -4.63. The van der Waals surface area contributed by atoms with Crippen LogP contribution in [0.15, 0.2) is 0 Å². The zero-order valence-electron chi connectivity index (χ0n) is 9.54. The number of ether oxygens (including phenoxy) is 1. The van der Waals surface area contributed by atoms with Gasteiger partial charge >= 0.3 is 12.3 Å². The number of nitriles is 1. The van der Waals surface area contributed by atoms with Crippen LogP contribution in [0.2, 0.25) is 0 Å². The van der Waals surface area contributed by atoms with E-state index in [-0.39, 0.29) is 6.54 Å². The van der Waals surface area contributed by atoms with E-state index < -0.39 is 36.8 Å². The molecule has 17 heavy (non-hydrogen) atoms. The van der Waals surface area contributed by atoms with E-state index in [0.717, 1.165) is 4.90 Å². The fourth-order valence-electron chi connectivity index (χ4n) is 1.63. The molecule has 1 rings (SSSR count). The summed E-state index contributed by atoms with van der Waals surface area (Å²) < 4.78 is 42.9. The van der Waals surface area contributed by atoms with Gasteiger partial charge in [0.25, 0.3) is 0 Å². The Morgan fingerprint density at radius 2 is 2.12 bits per heavy atom. The van der Waals surface area contributed by atoms with E-state index in [2.05, 4.69) is 0 Å². The third-order valence-corrected chi connectivity index (χ3v) is 2.62. The number of carbonyl (C=O) groups is 1. The highest BCUT2D eigenvalue weighted by Gasteiger charge is 2.59. The molecule has 7 heteroatoms. The van der Waals surface area contributed by atoms with Crippen molar-refractivity contribution in [3.63, 3.8) is 0 Å². The molecule has 0 aromatic rings. The second-order valence-electron chi connectivity index (χ2n) is 4.30. The summed E-state index contributed by atoms with van der Waals surface area (Å²) in [5.74, 6) is 0. The maximum Gasteiger partial charge on any atom is 0.410 e. The first-order chi connectivity index (χ1) is 7.72. The molecule has 1 aliphatic rings. The van der Waals surface area contributed by atoms with Gasteiger partial charge in [0.05, 0.1) is 18.7 Å². The van der Waals surface area contributed by atoms with E-state index in [0.29, 0.717) is 0 Å². The summed E-state index contributed by atoms with van der Waals surface area (Å²) in [6.07, 6.45) is -6.23. The fourth-order valence-corrected chi connectivity index (χ4v) is 1.63. The Hall–Kier alpha value is -1.45. The first-order valence-electron chi connectivity index (χ1n) is 5.15. The van der Waals surface area contributed by atoms with Crippen LogP contribution < -0.4 is 0 Å². The minimum Gasteiger partial charge on any atom is -0.447 e. The number of rotatable bonds is 1. The second kappa shape index (κ2) is 4.43. The number of alkyl halides is 3. The summed E-state index contributed by atoms with van der Waals surface area (Å²) in [7, 11) is 0. The van der Waals surface area contributed by atoms with Gasteiger partial charge in [-0.25, -0.2) is 4.79 Å². The molecule has 0 radical (unpaired) electrons. The lowest BCUT2D eigenvalue weighted by Crippen LogP contribution is -2.41. The van der Waals surface area contributed by atoms with Gasteiger partial charge in [0.15, 0.2) is 5.41 Å². The predicted octanol–water partition coefficient (Wildman–Crippen LogP) is 2.31. The summed E-state index contributed by atoms with van der Waals surface area (Å²) in [5.41, 5.74) is -2.46. The van der Waals surface area contributed by atoms with Gasteiger partial charge < -0.3 is 9.64 Å². The molecule has 0 aliphatic carbocycles. The molecule has 1 unspecified atom stereocenters. The first kappa shape index (κ1) is 13.6. The Balaban J connectivity index is 2.76. The molecule has 1 fully saturated rings. The number of halogens is 3. The third-order valence-electron chi connectivity index (χ3n) is 2.62. The number of likely N-dealkylation sites (tertiary alicyclic amines) is 1. The summed E-state index contributed by atoms with van der Waals surface area (Å²) in [5, 5.41) is 8.68. The van der Waals surface area contributed by atoms with E-state index in [4.69, 9.17) is 10.00 Å². The molecule has 1 aliphatic heterocycles. The van der Waals surface area contributed by atoms with Crippen LogP contribution in [-0.4, -0.2) is 36.4 Å². The Kier molecular flexibility index (Phi) is 3.55. The van der Waals surface area contributed by atoms with Crippen molar-refractivity contribution in [2.24, 2.45) is 5.41 Å². The van der Waals surface area contributed by atoms with Crippen molar-refractivity contribution >= 4 is 6.09 Å². The maximum atomic E-state index is 12.7. The number of hydrogen-bond donors (Lipinski definition) is 0. The van der Waals surface area contributed by atoms with Crippen molar-refractivity contribution in [1.29, 1.82) is 5.26 Å². The summed E-state index contributed by atoms with van der Waals surface area (Å²) in [6.45, 7) is 2.45. The van der Waals surface area contributed by atoms with E-state index >= 15 is 0 Å². The van der Waals surface area contributed by atoms with Crippen molar-refractivity contribution in [3.05, 3.63) is 0 Å².